The number of carboxylic acid groups (broad SMARTS) is 1. The summed E-state index contributed by atoms with van der Waals surface area (Å²) >= 11 is 2.19. The zero-order chi connectivity index (χ0) is 22.3. The van der Waals surface area contributed by atoms with Crippen molar-refractivity contribution in [2.75, 3.05) is 6.54 Å². The van der Waals surface area contributed by atoms with Gasteiger partial charge >= 0.3 is 12.1 Å². The molecule has 0 bridgehead atoms. The number of carbonyl (C=O) groups is 3. The van der Waals surface area contributed by atoms with Gasteiger partial charge in [0.05, 0.1) is 0 Å². The van der Waals surface area contributed by atoms with Crippen LogP contribution in [0.25, 0.3) is 0 Å². The van der Waals surface area contributed by atoms with Crippen LogP contribution in [0.3, 0.4) is 0 Å². The van der Waals surface area contributed by atoms with Gasteiger partial charge in [0.2, 0.25) is 5.91 Å². The van der Waals surface area contributed by atoms with Crippen molar-refractivity contribution < 1.29 is 24.2 Å². The topological polar surface area (TPSA) is 105 Å². The van der Waals surface area contributed by atoms with Gasteiger partial charge in [-0.2, -0.15) is 0 Å². The zero-order valence-electron chi connectivity index (χ0n) is 17.7. The van der Waals surface area contributed by atoms with Crippen molar-refractivity contribution in [3.05, 3.63) is 33.4 Å². The van der Waals surface area contributed by atoms with Crippen LogP contribution in [-0.4, -0.2) is 41.3 Å². The molecule has 0 unspecified atom stereocenters. The number of benzene rings is 1. The maximum absolute atomic E-state index is 12.6. The molecule has 0 aromatic heterocycles. The summed E-state index contributed by atoms with van der Waals surface area (Å²) in [5.41, 5.74) is 0.346. The van der Waals surface area contributed by atoms with E-state index in [1.165, 1.54) is 0 Å². The summed E-state index contributed by atoms with van der Waals surface area (Å²) in [6.07, 6.45) is 2.81. The Bertz CT molecular complexity index is 737. The molecule has 0 saturated heterocycles. The molecule has 0 radical (unpaired) electrons. The zero-order valence-corrected chi connectivity index (χ0v) is 19.9. The highest BCUT2D eigenvalue weighted by atomic mass is 127. The van der Waals surface area contributed by atoms with E-state index in [-0.39, 0.29) is 18.2 Å². The van der Waals surface area contributed by atoms with Crippen molar-refractivity contribution in [3.63, 3.8) is 0 Å². The van der Waals surface area contributed by atoms with E-state index in [9.17, 15) is 19.5 Å². The Morgan fingerprint density at radius 3 is 2.27 bits per heavy atom. The third-order valence-corrected chi connectivity index (χ3v) is 5.84. The van der Waals surface area contributed by atoms with Crippen LogP contribution >= 0.6 is 22.6 Å². The van der Waals surface area contributed by atoms with Crippen LogP contribution in [0.5, 0.6) is 0 Å². The summed E-state index contributed by atoms with van der Waals surface area (Å²) in [5.74, 6) is -1.13. The summed E-state index contributed by atoms with van der Waals surface area (Å²) < 4.78 is 6.31. The minimum atomic E-state index is -1.03. The van der Waals surface area contributed by atoms with Gasteiger partial charge in [-0.05, 0) is 92.7 Å². The van der Waals surface area contributed by atoms with E-state index in [1.807, 2.05) is 45.0 Å². The average molecular weight is 530 g/mol. The van der Waals surface area contributed by atoms with Crippen molar-refractivity contribution in [2.24, 2.45) is 11.8 Å². The molecule has 1 aromatic rings. The predicted octanol–water partition coefficient (Wildman–Crippen LogP) is 3.73. The summed E-state index contributed by atoms with van der Waals surface area (Å²) in [7, 11) is 0. The molecule has 166 valence electrons. The summed E-state index contributed by atoms with van der Waals surface area (Å²) in [6.45, 7) is 5.98. The number of alkyl carbamates (subject to hydrolysis) is 1. The highest BCUT2D eigenvalue weighted by Crippen LogP contribution is 2.28. The van der Waals surface area contributed by atoms with Gasteiger partial charge < -0.3 is 20.5 Å². The first-order valence-electron chi connectivity index (χ1n) is 10.3. The second kappa shape index (κ2) is 11.0. The minimum Gasteiger partial charge on any atom is -0.480 e. The van der Waals surface area contributed by atoms with E-state index < -0.39 is 23.7 Å². The number of amides is 2. The van der Waals surface area contributed by atoms with E-state index in [2.05, 4.69) is 33.2 Å². The van der Waals surface area contributed by atoms with Gasteiger partial charge in [0.25, 0.3) is 0 Å². The number of ether oxygens (including phenoxy) is 1. The molecule has 2 amide bonds. The van der Waals surface area contributed by atoms with Gasteiger partial charge in [0.1, 0.15) is 11.6 Å². The molecule has 1 fully saturated rings. The van der Waals surface area contributed by atoms with Crippen LogP contribution in [0.1, 0.15) is 52.0 Å². The van der Waals surface area contributed by atoms with Gasteiger partial charge in [-0.3, -0.25) is 4.79 Å². The van der Waals surface area contributed by atoms with Gasteiger partial charge in [-0.1, -0.05) is 12.1 Å². The molecule has 0 spiro atoms. The fraction of sp³-hybridized carbons (Fsp3) is 0.591. The maximum Gasteiger partial charge on any atom is 0.407 e. The normalized spacial score (nSPS) is 20.1. The molecule has 1 aromatic carbocycles. The standard InChI is InChI=1S/C22H31IN2O5/c1-22(2,3)30-21(29)24-13-15-4-8-16(9-5-15)19(26)25-18(20(27)28)12-14-6-10-17(23)11-7-14/h6-7,10-11,15-16,18H,4-5,8-9,12-13H2,1-3H3,(H,24,29)(H,25,26)(H,27,28)/t15?,16?,18-/m0/s1. The Balaban J connectivity index is 1.78. The van der Waals surface area contributed by atoms with Crippen LogP contribution < -0.4 is 10.6 Å². The van der Waals surface area contributed by atoms with Crippen molar-refractivity contribution in [1.29, 1.82) is 0 Å². The van der Waals surface area contributed by atoms with Crippen molar-refractivity contribution in [1.82, 2.24) is 10.6 Å². The van der Waals surface area contributed by atoms with Crippen LogP contribution in [-0.2, 0) is 20.7 Å². The van der Waals surface area contributed by atoms with Crippen LogP contribution in [0, 0.1) is 15.4 Å². The first kappa shape index (κ1) is 24.4. The monoisotopic (exact) mass is 530 g/mol. The average Bonchev–Trinajstić information content (AvgIpc) is 2.66. The SMILES string of the molecule is CC(C)(C)OC(=O)NCC1CCC(C(=O)N[C@@H](Cc2ccc(I)cc2)C(=O)O)CC1. The first-order chi connectivity index (χ1) is 14.0. The molecule has 2 rings (SSSR count). The number of halogens is 1. The highest BCUT2D eigenvalue weighted by molar-refractivity contribution is 14.1. The quantitative estimate of drug-likeness (QED) is 0.466. The van der Waals surface area contributed by atoms with E-state index >= 15 is 0 Å². The summed E-state index contributed by atoms with van der Waals surface area (Å²) in [4.78, 5) is 36.0. The molecule has 30 heavy (non-hydrogen) atoms. The molecule has 3 N–H and O–H groups in total. The third kappa shape index (κ3) is 8.49. The number of nitrogens with one attached hydrogen (secondary N) is 2. The number of carboxylic acids is 1. The molecule has 7 nitrogen and oxygen atoms in total. The molecular formula is C22H31IN2O5. The lowest BCUT2D eigenvalue weighted by atomic mass is 9.81. The van der Waals surface area contributed by atoms with E-state index in [0.29, 0.717) is 25.3 Å². The number of hydrogen-bond donors (Lipinski definition) is 3. The van der Waals surface area contributed by atoms with Gasteiger partial charge in [0.15, 0.2) is 0 Å². The molecule has 1 aliphatic carbocycles. The van der Waals surface area contributed by atoms with Gasteiger partial charge in [0, 0.05) is 22.5 Å². The smallest absolute Gasteiger partial charge is 0.407 e. The van der Waals surface area contributed by atoms with Crippen molar-refractivity contribution >= 4 is 40.6 Å². The third-order valence-electron chi connectivity index (χ3n) is 5.12. The number of rotatable bonds is 7. The maximum atomic E-state index is 12.6. The second-order valence-corrected chi connectivity index (χ2v) is 10.1. The fourth-order valence-corrected chi connectivity index (χ4v) is 3.88. The van der Waals surface area contributed by atoms with Crippen LogP contribution in [0.2, 0.25) is 0 Å². The van der Waals surface area contributed by atoms with Crippen molar-refractivity contribution in [2.45, 2.75) is 64.5 Å². The van der Waals surface area contributed by atoms with E-state index in [0.717, 1.165) is 22.0 Å². The number of aliphatic carboxylic acids is 1. The predicted molar refractivity (Wildman–Crippen MR) is 122 cm³/mol. The van der Waals surface area contributed by atoms with Gasteiger partial charge in [-0.25, -0.2) is 9.59 Å². The summed E-state index contributed by atoms with van der Waals surface area (Å²) in [6, 6.07) is 6.66. The second-order valence-electron chi connectivity index (χ2n) is 8.83. The molecule has 0 aliphatic heterocycles. The summed E-state index contributed by atoms with van der Waals surface area (Å²) in [5, 5.41) is 15.0. The Hall–Kier alpha value is -1.84. The molecule has 1 aliphatic rings. The lowest BCUT2D eigenvalue weighted by Gasteiger charge is -2.29. The molecule has 1 atom stereocenters. The Morgan fingerprint density at radius 2 is 1.73 bits per heavy atom. The Labute approximate surface area is 191 Å². The Morgan fingerprint density at radius 1 is 1.13 bits per heavy atom. The minimum absolute atomic E-state index is 0.193. The number of carbonyl (C=O) groups excluding carboxylic acids is 2. The van der Waals surface area contributed by atoms with Crippen LogP contribution in [0.4, 0.5) is 4.79 Å². The molecular weight excluding hydrogens is 499 g/mol. The number of hydrogen-bond acceptors (Lipinski definition) is 4. The lowest BCUT2D eigenvalue weighted by molar-refractivity contribution is -0.142. The molecule has 8 heteroatoms. The van der Waals surface area contributed by atoms with E-state index in [4.69, 9.17) is 4.74 Å². The van der Waals surface area contributed by atoms with Crippen LogP contribution in [0.15, 0.2) is 24.3 Å². The fourth-order valence-electron chi connectivity index (χ4n) is 3.52. The van der Waals surface area contributed by atoms with Crippen molar-refractivity contribution in [3.8, 4) is 0 Å². The lowest BCUT2D eigenvalue weighted by Crippen LogP contribution is -2.46. The molecule has 0 heterocycles. The first-order valence-corrected chi connectivity index (χ1v) is 11.4. The Kier molecular flexibility index (Phi) is 8.93. The van der Waals surface area contributed by atoms with Gasteiger partial charge in [-0.15, -0.1) is 0 Å². The largest absolute Gasteiger partial charge is 0.480 e. The van der Waals surface area contributed by atoms with E-state index in [1.54, 1.807) is 0 Å². The molecule has 1 saturated carbocycles. The highest BCUT2D eigenvalue weighted by Gasteiger charge is 2.30.